The van der Waals surface area contributed by atoms with Gasteiger partial charge in [-0.25, -0.2) is 0 Å². The van der Waals surface area contributed by atoms with E-state index in [0.29, 0.717) is 0 Å². The van der Waals surface area contributed by atoms with Gasteiger partial charge in [-0.05, 0) is 17.0 Å². The van der Waals surface area contributed by atoms with Crippen LogP contribution in [0.4, 0.5) is 0 Å². The Labute approximate surface area is 180 Å². The zero-order valence-corrected chi connectivity index (χ0v) is 18.0. The van der Waals surface area contributed by atoms with E-state index in [0.717, 1.165) is 54.2 Å². The standard InChI is InChI=1S/C18H24NO2S.C4H6O4/c1-19(11-13-21-14-12-19)10-9-18(20,17-8-5-15-22-17)16-6-3-2-4-7-16;5-3(6)1-2-4(7)8/h2-8,15,20H,9-14H2,1H3;1-2H2,(H,5,6)(H,7,8)/q+1;. The summed E-state index contributed by atoms with van der Waals surface area (Å²) >= 11 is 1.63. The zero-order chi connectivity index (χ0) is 22.0. The molecular formula is C22H30NO6S+. The Hall–Kier alpha value is -2.26. The lowest BCUT2D eigenvalue weighted by Crippen LogP contribution is -2.53. The second kappa shape index (κ2) is 11.2. The Kier molecular flexibility index (Phi) is 8.98. The van der Waals surface area contributed by atoms with Gasteiger partial charge in [0.1, 0.15) is 18.7 Å². The van der Waals surface area contributed by atoms with Crippen molar-refractivity contribution in [2.75, 3.05) is 39.9 Å². The quantitative estimate of drug-likeness (QED) is 0.550. The van der Waals surface area contributed by atoms with Crippen LogP contribution in [0.1, 0.15) is 29.7 Å². The number of nitrogens with zero attached hydrogens (tertiary/aromatic N) is 1. The fourth-order valence-electron chi connectivity index (χ4n) is 3.29. The topological polar surface area (TPSA) is 104 Å². The van der Waals surface area contributed by atoms with Gasteiger partial charge in [-0.1, -0.05) is 36.4 Å². The fraction of sp³-hybridized carbons (Fsp3) is 0.455. The van der Waals surface area contributed by atoms with E-state index in [4.69, 9.17) is 14.9 Å². The highest BCUT2D eigenvalue weighted by atomic mass is 32.1. The van der Waals surface area contributed by atoms with Crippen molar-refractivity contribution >= 4 is 23.3 Å². The molecule has 0 spiro atoms. The van der Waals surface area contributed by atoms with E-state index >= 15 is 0 Å². The Morgan fingerprint density at radius 1 is 1.03 bits per heavy atom. The maximum atomic E-state index is 11.5. The molecule has 0 aliphatic carbocycles. The number of morpholine rings is 1. The predicted molar refractivity (Wildman–Crippen MR) is 114 cm³/mol. The predicted octanol–water partition coefficient (Wildman–Crippen LogP) is 2.79. The molecule has 2 aromatic rings. The van der Waals surface area contributed by atoms with Crippen molar-refractivity contribution in [2.24, 2.45) is 0 Å². The summed E-state index contributed by atoms with van der Waals surface area (Å²) in [6.45, 7) is 4.63. The number of aliphatic carboxylic acids is 2. The third kappa shape index (κ3) is 7.21. The molecule has 0 bridgehead atoms. The lowest BCUT2D eigenvalue weighted by atomic mass is 9.88. The molecule has 1 aromatic carbocycles. The van der Waals surface area contributed by atoms with Gasteiger partial charge >= 0.3 is 11.9 Å². The van der Waals surface area contributed by atoms with Crippen molar-refractivity contribution in [3.8, 4) is 0 Å². The molecule has 1 aliphatic rings. The van der Waals surface area contributed by atoms with Crippen molar-refractivity contribution in [2.45, 2.75) is 24.9 Å². The van der Waals surface area contributed by atoms with E-state index in [2.05, 4.69) is 7.05 Å². The number of hydrogen-bond donors (Lipinski definition) is 3. The van der Waals surface area contributed by atoms with Crippen molar-refractivity contribution in [3.63, 3.8) is 0 Å². The summed E-state index contributed by atoms with van der Waals surface area (Å²) in [5.74, 6) is -2.15. The molecule has 2 heterocycles. The van der Waals surface area contributed by atoms with Crippen LogP contribution in [-0.4, -0.2) is 71.6 Å². The van der Waals surface area contributed by atoms with Crippen LogP contribution in [0.2, 0.25) is 0 Å². The van der Waals surface area contributed by atoms with Crippen molar-refractivity contribution in [1.29, 1.82) is 0 Å². The fourth-order valence-corrected chi connectivity index (χ4v) is 4.17. The number of carboxylic acids is 2. The number of likely N-dealkylation sites (N-methyl/N-ethyl adjacent to an activating group) is 1. The molecule has 7 nitrogen and oxygen atoms in total. The molecule has 1 aliphatic heterocycles. The largest absolute Gasteiger partial charge is 0.481 e. The molecular weight excluding hydrogens is 406 g/mol. The molecule has 1 fully saturated rings. The second-order valence-corrected chi connectivity index (χ2v) is 8.59. The number of hydrogen-bond acceptors (Lipinski definition) is 5. The first-order valence-corrected chi connectivity index (χ1v) is 10.8. The molecule has 164 valence electrons. The number of quaternary nitrogens is 1. The van der Waals surface area contributed by atoms with Crippen LogP contribution in [0.3, 0.4) is 0 Å². The number of thiophene rings is 1. The Balaban J connectivity index is 0.000000343. The van der Waals surface area contributed by atoms with Crippen LogP contribution in [0.25, 0.3) is 0 Å². The molecule has 8 heteroatoms. The summed E-state index contributed by atoms with van der Waals surface area (Å²) in [5.41, 5.74) is 0.0898. The van der Waals surface area contributed by atoms with E-state index in [-0.39, 0.29) is 12.8 Å². The number of carboxylic acid groups (broad SMARTS) is 2. The summed E-state index contributed by atoms with van der Waals surface area (Å²) in [4.78, 5) is 20.3. The van der Waals surface area contributed by atoms with Crippen LogP contribution in [0, 0.1) is 0 Å². The number of aliphatic hydroxyl groups is 1. The Morgan fingerprint density at radius 3 is 2.13 bits per heavy atom. The van der Waals surface area contributed by atoms with Crippen LogP contribution in [-0.2, 0) is 19.9 Å². The van der Waals surface area contributed by atoms with Crippen molar-refractivity contribution < 1.29 is 34.1 Å². The minimum absolute atomic E-state index is 0.296. The normalized spacial score (nSPS) is 17.3. The number of rotatable bonds is 8. The summed E-state index contributed by atoms with van der Waals surface area (Å²) in [6, 6.07) is 14.1. The molecule has 30 heavy (non-hydrogen) atoms. The van der Waals surface area contributed by atoms with Gasteiger partial charge in [0.2, 0.25) is 0 Å². The van der Waals surface area contributed by atoms with Gasteiger partial charge in [0.25, 0.3) is 0 Å². The first kappa shape index (κ1) is 24.0. The molecule has 1 atom stereocenters. The van der Waals surface area contributed by atoms with Gasteiger partial charge in [-0.3, -0.25) is 9.59 Å². The Morgan fingerprint density at radius 2 is 1.63 bits per heavy atom. The van der Waals surface area contributed by atoms with E-state index < -0.39 is 17.5 Å². The highest BCUT2D eigenvalue weighted by Gasteiger charge is 2.36. The SMILES string of the molecule is C[N+]1(CCC(O)(c2ccccc2)c2cccs2)CCOCC1.O=C(O)CCC(=O)O. The van der Waals surface area contributed by atoms with Crippen LogP contribution in [0.15, 0.2) is 47.8 Å². The first-order valence-electron chi connectivity index (χ1n) is 9.92. The maximum absolute atomic E-state index is 11.5. The minimum Gasteiger partial charge on any atom is -0.481 e. The third-order valence-electron chi connectivity index (χ3n) is 5.30. The third-order valence-corrected chi connectivity index (χ3v) is 6.32. The Bertz CT molecular complexity index is 775. The van der Waals surface area contributed by atoms with E-state index in [1.807, 2.05) is 47.8 Å². The van der Waals surface area contributed by atoms with Crippen molar-refractivity contribution in [1.82, 2.24) is 0 Å². The van der Waals surface area contributed by atoms with Crippen LogP contribution in [0.5, 0.6) is 0 Å². The van der Waals surface area contributed by atoms with Crippen LogP contribution < -0.4 is 0 Å². The smallest absolute Gasteiger partial charge is 0.303 e. The van der Waals surface area contributed by atoms with Gasteiger partial charge < -0.3 is 24.5 Å². The lowest BCUT2D eigenvalue weighted by Gasteiger charge is -2.40. The summed E-state index contributed by atoms with van der Waals surface area (Å²) in [7, 11) is 2.27. The average Bonchev–Trinajstić information content (AvgIpc) is 3.28. The lowest BCUT2D eigenvalue weighted by molar-refractivity contribution is -0.917. The molecule has 0 amide bonds. The van der Waals surface area contributed by atoms with E-state index in [1.165, 1.54) is 0 Å². The summed E-state index contributed by atoms with van der Waals surface area (Å²) in [6.07, 6.45) is 0.138. The molecule has 1 saturated heterocycles. The summed E-state index contributed by atoms with van der Waals surface area (Å²) in [5, 5.41) is 29.3. The maximum Gasteiger partial charge on any atom is 0.303 e. The van der Waals surface area contributed by atoms with Crippen LogP contribution >= 0.6 is 11.3 Å². The number of benzene rings is 1. The van der Waals surface area contributed by atoms with Gasteiger partial charge in [0, 0.05) is 11.3 Å². The monoisotopic (exact) mass is 436 g/mol. The van der Waals surface area contributed by atoms with Gasteiger partial charge in [0.05, 0.1) is 39.6 Å². The van der Waals surface area contributed by atoms with E-state index in [1.54, 1.807) is 11.3 Å². The molecule has 0 saturated carbocycles. The molecule has 3 N–H and O–H groups in total. The number of ether oxygens (including phenoxy) is 1. The minimum atomic E-state index is -1.08. The van der Waals surface area contributed by atoms with Gasteiger partial charge in [-0.2, -0.15) is 0 Å². The number of carbonyl (C=O) groups is 2. The highest BCUT2D eigenvalue weighted by Crippen LogP contribution is 2.36. The summed E-state index contributed by atoms with van der Waals surface area (Å²) < 4.78 is 6.45. The first-order chi connectivity index (χ1) is 14.3. The van der Waals surface area contributed by atoms with Gasteiger partial charge in [-0.15, -0.1) is 11.3 Å². The highest BCUT2D eigenvalue weighted by molar-refractivity contribution is 7.10. The molecule has 0 radical (unpaired) electrons. The van der Waals surface area contributed by atoms with E-state index in [9.17, 15) is 14.7 Å². The second-order valence-electron chi connectivity index (χ2n) is 7.64. The average molecular weight is 437 g/mol. The molecule has 3 rings (SSSR count). The molecule has 1 aromatic heterocycles. The van der Waals surface area contributed by atoms with Crippen molar-refractivity contribution in [3.05, 3.63) is 58.3 Å². The molecule has 1 unspecified atom stereocenters. The zero-order valence-electron chi connectivity index (χ0n) is 17.2. The van der Waals surface area contributed by atoms with Gasteiger partial charge in [0.15, 0.2) is 0 Å².